The van der Waals surface area contributed by atoms with Gasteiger partial charge >= 0.3 is 0 Å². The van der Waals surface area contributed by atoms with Gasteiger partial charge in [0, 0.05) is 22.7 Å². The zero-order chi connectivity index (χ0) is 23.0. The van der Waals surface area contributed by atoms with Crippen LogP contribution in [-0.2, 0) is 9.84 Å². The van der Waals surface area contributed by atoms with Crippen molar-refractivity contribution in [2.75, 3.05) is 5.75 Å². The molecule has 0 saturated heterocycles. The molecular weight excluding hydrogens is 456 g/mol. The molecule has 8 heteroatoms. The molecule has 4 aromatic rings. The molecule has 1 aromatic heterocycles. The van der Waals surface area contributed by atoms with Gasteiger partial charge in [0.25, 0.3) is 0 Å². The first kappa shape index (κ1) is 22.2. The van der Waals surface area contributed by atoms with Crippen molar-refractivity contribution in [2.24, 2.45) is 0 Å². The van der Waals surface area contributed by atoms with Gasteiger partial charge < -0.3 is 4.74 Å². The lowest BCUT2D eigenvalue weighted by Gasteiger charge is -2.13. The molecule has 0 bridgehead atoms. The molecule has 0 amide bonds. The lowest BCUT2D eigenvalue weighted by Crippen LogP contribution is -2.04. The van der Waals surface area contributed by atoms with Crippen LogP contribution < -0.4 is 4.74 Å². The highest BCUT2D eigenvalue weighted by Crippen LogP contribution is 2.36. The number of nitrogens with zero attached hydrogens (tertiary/aromatic N) is 1. The van der Waals surface area contributed by atoms with Crippen molar-refractivity contribution in [2.45, 2.75) is 18.7 Å². The second kappa shape index (κ2) is 8.48. The van der Waals surface area contributed by atoms with Crippen LogP contribution >= 0.6 is 11.6 Å². The van der Waals surface area contributed by atoms with E-state index in [0.717, 1.165) is 12.1 Å². The molecule has 3 aromatic carbocycles. The summed E-state index contributed by atoms with van der Waals surface area (Å²) in [4.78, 5) is 4.27. The van der Waals surface area contributed by atoms with Crippen molar-refractivity contribution < 1.29 is 21.9 Å². The quantitative estimate of drug-likeness (QED) is 0.322. The SMILES string of the molecule is CCS(=O)(=O)c1cc(F)cc(Oc2ccc(F)c(-c3cc(C)nc4c(Cl)cccc34)c2)c1. The van der Waals surface area contributed by atoms with Gasteiger partial charge in [0.05, 0.1) is 21.2 Å². The lowest BCUT2D eigenvalue weighted by atomic mass is 9.99. The fourth-order valence-corrected chi connectivity index (χ4v) is 4.55. The van der Waals surface area contributed by atoms with Crippen LogP contribution in [0.4, 0.5) is 8.78 Å². The minimum absolute atomic E-state index is 0.00612. The standard InChI is InChI=1S/C24H18ClF2NO3S/c1-3-32(29,30)18-11-15(26)10-17(12-18)31-16-7-8-23(27)21(13-16)20-9-14(2)28-24-19(20)5-4-6-22(24)25/h4-13H,3H2,1-2H3. The molecule has 0 unspecified atom stereocenters. The maximum absolute atomic E-state index is 14.8. The Hall–Kier alpha value is -3.03. The molecule has 0 aliphatic heterocycles. The van der Waals surface area contributed by atoms with Crippen LogP contribution in [0.2, 0.25) is 5.02 Å². The summed E-state index contributed by atoms with van der Waals surface area (Å²) in [6, 6.07) is 14.4. The van der Waals surface area contributed by atoms with Crippen LogP contribution in [0.25, 0.3) is 22.0 Å². The largest absolute Gasteiger partial charge is 0.457 e. The van der Waals surface area contributed by atoms with Gasteiger partial charge in [0.2, 0.25) is 0 Å². The van der Waals surface area contributed by atoms with Crippen molar-refractivity contribution in [1.29, 1.82) is 0 Å². The number of rotatable bonds is 5. The van der Waals surface area contributed by atoms with Crippen LogP contribution in [-0.4, -0.2) is 19.2 Å². The molecule has 4 nitrogen and oxygen atoms in total. The fraction of sp³-hybridized carbons (Fsp3) is 0.125. The van der Waals surface area contributed by atoms with E-state index in [9.17, 15) is 17.2 Å². The van der Waals surface area contributed by atoms with E-state index in [1.807, 2.05) is 0 Å². The van der Waals surface area contributed by atoms with E-state index in [0.29, 0.717) is 27.2 Å². The number of ether oxygens (including phenoxy) is 1. The van der Waals surface area contributed by atoms with Crippen molar-refractivity contribution in [3.63, 3.8) is 0 Å². The maximum atomic E-state index is 14.8. The predicted octanol–water partition coefficient (Wildman–Crippen LogP) is 6.73. The Morgan fingerprint density at radius 2 is 1.75 bits per heavy atom. The number of fused-ring (bicyclic) bond motifs is 1. The molecular formula is C24H18ClF2NO3S. The van der Waals surface area contributed by atoms with Crippen molar-refractivity contribution >= 4 is 32.3 Å². The Morgan fingerprint density at radius 1 is 0.969 bits per heavy atom. The Kier molecular flexibility index (Phi) is 5.88. The van der Waals surface area contributed by atoms with E-state index in [4.69, 9.17) is 16.3 Å². The predicted molar refractivity (Wildman–Crippen MR) is 121 cm³/mol. The number of halogens is 3. The average Bonchev–Trinajstić information content (AvgIpc) is 2.75. The maximum Gasteiger partial charge on any atom is 0.178 e. The first-order chi connectivity index (χ1) is 15.2. The highest BCUT2D eigenvalue weighted by Gasteiger charge is 2.17. The summed E-state index contributed by atoms with van der Waals surface area (Å²) < 4.78 is 58.9. The van der Waals surface area contributed by atoms with Crippen LogP contribution in [0.5, 0.6) is 11.5 Å². The molecule has 32 heavy (non-hydrogen) atoms. The van der Waals surface area contributed by atoms with Crippen LogP contribution in [0.1, 0.15) is 12.6 Å². The molecule has 0 aliphatic carbocycles. The number of sulfone groups is 1. The number of hydrogen-bond donors (Lipinski definition) is 0. The third-order valence-electron chi connectivity index (χ3n) is 4.97. The molecule has 0 aliphatic rings. The summed E-state index contributed by atoms with van der Waals surface area (Å²) in [6.45, 7) is 3.26. The Bertz CT molecular complexity index is 1460. The first-order valence-electron chi connectivity index (χ1n) is 9.75. The van der Waals surface area contributed by atoms with E-state index < -0.39 is 21.5 Å². The molecule has 4 rings (SSSR count). The molecule has 1 heterocycles. The Labute approximate surface area is 189 Å². The van der Waals surface area contributed by atoms with Gasteiger partial charge in [0.15, 0.2) is 9.84 Å². The van der Waals surface area contributed by atoms with Gasteiger partial charge in [-0.2, -0.15) is 0 Å². The molecule has 0 fully saturated rings. The van der Waals surface area contributed by atoms with E-state index in [-0.39, 0.29) is 27.7 Å². The Balaban J connectivity index is 1.81. The number of benzene rings is 3. The summed E-state index contributed by atoms with van der Waals surface area (Å²) >= 11 is 6.28. The van der Waals surface area contributed by atoms with Gasteiger partial charge in [-0.25, -0.2) is 17.2 Å². The number of aryl methyl sites for hydroxylation is 1. The Morgan fingerprint density at radius 3 is 2.50 bits per heavy atom. The highest BCUT2D eigenvalue weighted by molar-refractivity contribution is 7.91. The summed E-state index contributed by atoms with van der Waals surface area (Å²) in [5.41, 5.74) is 2.03. The van der Waals surface area contributed by atoms with E-state index in [1.165, 1.54) is 31.2 Å². The molecule has 0 saturated carbocycles. The zero-order valence-electron chi connectivity index (χ0n) is 17.2. The zero-order valence-corrected chi connectivity index (χ0v) is 18.8. The third kappa shape index (κ3) is 4.31. The number of hydrogen-bond acceptors (Lipinski definition) is 4. The summed E-state index contributed by atoms with van der Waals surface area (Å²) in [5.74, 6) is -1.20. The smallest absolute Gasteiger partial charge is 0.178 e. The van der Waals surface area contributed by atoms with Crippen LogP contribution in [0.15, 0.2) is 65.6 Å². The van der Waals surface area contributed by atoms with Crippen LogP contribution in [0.3, 0.4) is 0 Å². The van der Waals surface area contributed by atoms with Crippen molar-refractivity contribution in [1.82, 2.24) is 4.98 Å². The van der Waals surface area contributed by atoms with Crippen molar-refractivity contribution in [3.05, 3.63) is 83.0 Å². The molecule has 0 radical (unpaired) electrons. The molecule has 0 N–H and O–H groups in total. The van der Waals surface area contributed by atoms with E-state index in [1.54, 1.807) is 31.2 Å². The summed E-state index contributed by atoms with van der Waals surface area (Å²) in [6.07, 6.45) is 0. The minimum Gasteiger partial charge on any atom is -0.457 e. The van der Waals surface area contributed by atoms with Gasteiger partial charge in [0.1, 0.15) is 23.1 Å². The first-order valence-corrected chi connectivity index (χ1v) is 11.8. The second-order valence-electron chi connectivity index (χ2n) is 7.22. The van der Waals surface area contributed by atoms with Gasteiger partial charge in [-0.1, -0.05) is 30.7 Å². The monoisotopic (exact) mass is 473 g/mol. The van der Waals surface area contributed by atoms with Crippen molar-refractivity contribution in [3.8, 4) is 22.6 Å². The number of para-hydroxylation sites is 1. The number of aromatic nitrogens is 1. The van der Waals surface area contributed by atoms with E-state index >= 15 is 0 Å². The van der Waals surface area contributed by atoms with E-state index in [2.05, 4.69) is 4.98 Å². The van der Waals surface area contributed by atoms with Gasteiger partial charge in [-0.05, 0) is 55.0 Å². The number of pyridine rings is 1. The normalized spacial score (nSPS) is 11.7. The molecule has 0 atom stereocenters. The van der Waals surface area contributed by atoms with Gasteiger partial charge in [-0.15, -0.1) is 0 Å². The average molecular weight is 474 g/mol. The fourth-order valence-electron chi connectivity index (χ4n) is 3.42. The minimum atomic E-state index is -3.63. The van der Waals surface area contributed by atoms with Crippen LogP contribution in [0, 0.1) is 18.6 Å². The molecule has 0 spiro atoms. The lowest BCUT2D eigenvalue weighted by molar-refractivity contribution is 0.472. The molecule has 164 valence electrons. The topological polar surface area (TPSA) is 56.3 Å². The van der Waals surface area contributed by atoms with Gasteiger partial charge in [-0.3, -0.25) is 4.98 Å². The second-order valence-corrected chi connectivity index (χ2v) is 9.90. The summed E-state index contributed by atoms with van der Waals surface area (Å²) in [7, 11) is -3.63. The summed E-state index contributed by atoms with van der Waals surface area (Å²) in [5, 5.41) is 1.12. The third-order valence-corrected chi connectivity index (χ3v) is 6.99. The highest BCUT2D eigenvalue weighted by atomic mass is 35.5.